The van der Waals surface area contributed by atoms with Gasteiger partial charge in [-0.1, -0.05) is 13.8 Å². The molecule has 1 amide bonds. The summed E-state index contributed by atoms with van der Waals surface area (Å²) in [4.78, 5) is 11.3. The van der Waals surface area contributed by atoms with Crippen LogP contribution in [0.15, 0.2) is 0 Å². The minimum atomic E-state index is -0.285. The number of carbonyl (C=O) groups is 1. The molecule has 0 radical (unpaired) electrons. The van der Waals surface area contributed by atoms with Gasteiger partial charge in [0.25, 0.3) is 0 Å². The van der Waals surface area contributed by atoms with Gasteiger partial charge in [0.1, 0.15) is 0 Å². The van der Waals surface area contributed by atoms with Gasteiger partial charge in [0, 0.05) is 18.7 Å². The quantitative estimate of drug-likeness (QED) is 0.627. The summed E-state index contributed by atoms with van der Waals surface area (Å²) in [5.41, 5.74) is 0. The van der Waals surface area contributed by atoms with Crippen molar-refractivity contribution in [2.45, 2.75) is 39.7 Å². The van der Waals surface area contributed by atoms with Crippen molar-refractivity contribution in [3.8, 4) is 0 Å². The van der Waals surface area contributed by atoms with Crippen molar-refractivity contribution in [1.29, 1.82) is 0 Å². The first-order valence-corrected chi connectivity index (χ1v) is 6.74. The highest BCUT2D eigenvalue weighted by Crippen LogP contribution is 2.04. The first kappa shape index (κ1) is 14.8. The molecule has 0 aliphatic rings. The van der Waals surface area contributed by atoms with E-state index in [2.05, 4.69) is 12.2 Å². The van der Waals surface area contributed by atoms with Gasteiger partial charge in [-0.05, 0) is 25.0 Å². The Hall–Kier alpha value is -0.220. The second-order valence-electron chi connectivity index (χ2n) is 3.94. The zero-order valence-electron chi connectivity index (χ0n) is 9.95. The fourth-order valence-corrected chi connectivity index (χ4v) is 1.97. The Morgan fingerprint density at radius 3 is 2.67 bits per heavy atom. The molecule has 90 valence electrons. The summed E-state index contributed by atoms with van der Waals surface area (Å²) in [7, 11) is 0. The largest absolute Gasteiger partial charge is 0.393 e. The molecule has 15 heavy (non-hydrogen) atoms. The molecule has 0 aliphatic carbocycles. The molecule has 0 spiro atoms. The molecule has 2 N–H and O–H groups in total. The highest BCUT2D eigenvalue weighted by molar-refractivity contribution is 7.99. The zero-order valence-corrected chi connectivity index (χ0v) is 10.8. The number of carbonyl (C=O) groups excluding carboxylic acids is 1. The lowest BCUT2D eigenvalue weighted by Gasteiger charge is -2.14. The average Bonchev–Trinajstić information content (AvgIpc) is 2.14. The van der Waals surface area contributed by atoms with E-state index < -0.39 is 0 Å². The number of hydrogen-bond donors (Lipinski definition) is 2. The predicted octanol–water partition coefficient (Wildman–Crippen LogP) is 1.65. The van der Waals surface area contributed by atoms with Crippen LogP contribution in [0.2, 0.25) is 0 Å². The summed E-state index contributed by atoms with van der Waals surface area (Å²) >= 11 is 1.78. The van der Waals surface area contributed by atoms with Gasteiger partial charge in [-0.15, -0.1) is 0 Å². The Morgan fingerprint density at radius 1 is 1.47 bits per heavy atom. The first-order chi connectivity index (χ1) is 7.06. The van der Waals surface area contributed by atoms with Crippen LogP contribution in [0.25, 0.3) is 0 Å². The number of amides is 1. The Labute approximate surface area is 97.0 Å². The topological polar surface area (TPSA) is 49.3 Å². The molecule has 2 unspecified atom stereocenters. The smallest absolute Gasteiger partial charge is 0.220 e. The molecule has 0 aromatic heterocycles. The Morgan fingerprint density at radius 2 is 2.13 bits per heavy atom. The van der Waals surface area contributed by atoms with Crippen LogP contribution in [-0.4, -0.2) is 35.2 Å². The van der Waals surface area contributed by atoms with Gasteiger partial charge in [0.05, 0.1) is 6.10 Å². The fraction of sp³-hybridized carbons (Fsp3) is 0.909. The van der Waals surface area contributed by atoms with Gasteiger partial charge in [0.2, 0.25) is 5.91 Å². The fourth-order valence-electron chi connectivity index (χ4n) is 1.35. The van der Waals surface area contributed by atoms with Crippen molar-refractivity contribution in [3.63, 3.8) is 0 Å². The maximum atomic E-state index is 11.3. The number of aliphatic hydroxyl groups is 1. The van der Waals surface area contributed by atoms with Crippen molar-refractivity contribution in [3.05, 3.63) is 0 Å². The summed E-state index contributed by atoms with van der Waals surface area (Å²) in [6.07, 6.45) is 1.05. The molecule has 4 heteroatoms. The molecule has 0 aromatic carbocycles. The summed E-state index contributed by atoms with van der Waals surface area (Å²) in [5, 5.41) is 12.0. The van der Waals surface area contributed by atoms with Crippen molar-refractivity contribution in [1.82, 2.24) is 5.32 Å². The van der Waals surface area contributed by atoms with Gasteiger partial charge in [0.15, 0.2) is 0 Å². The molecule has 0 aliphatic heterocycles. The Balaban J connectivity index is 3.44. The monoisotopic (exact) mass is 233 g/mol. The first-order valence-electron chi connectivity index (χ1n) is 5.58. The van der Waals surface area contributed by atoms with Crippen LogP contribution >= 0.6 is 11.8 Å². The van der Waals surface area contributed by atoms with Crippen LogP contribution in [-0.2, 0) is 4.79 Å². The van der Waals surface area contributed by atoms with Gasteiger partial charge in [-0.25, -0.2) is 0 Å². The van der Waals surface area contributed by atoms with Crippen molar-refractivity contribution in [2.75, 3.05) is 18.1 Å². The minimum Gasteiger partial charge on any atom is -0.393 e. The lowest BCUT2D eigenvalue weighted by atomic mass is 10.0. The SMILES string of the molecule is CCSCCC(=O)NCC(C)CC(C)O. The van der Waals surface area contributed by atoms with E-state index in [0.29, 0.717) is 18.9 Å². The molecule has 0 aromatic rings. The third-order valence-electron chi connectivity index (χ3n) is 2.07. The Kier molecular flexibility index (Phi) is 8.91. The summed E-state index contributed by atoms with van der Waals surface area (Å²) in [5.74, 6) is 2.42. The molecule has 0 rings (SSSR count). The third kappa shape index (κ3) is 10.1. The second kappa shape index (κ2) is 9.04. The van der Waals surface area contributed by atoms with E-state index in [1.54, 1.807) is 18.7 Å². The number of hydrogen-bond acceptors (Lipinski definition) is 3. The average molecular weight is 233 g/mol. The van der Waals surface area contributed by atoms with Crippen LogP contribution in [0.3, 0.4) is 0 Å². The van der Waals surface area contributed by atoms with Gasteiger partial charge < -0.3 is 10.4 Å². The van der Waals surface area contributed by atoms with E-state index in [1.807, 2.05) is 6.92 Å². The molecule has 0 saturated heterocycles. The molecule has 0 bridgehead atoms. The molecular weight excluding hydrogens is 210 g/mol. The van der Waals surface area contributed by atoms with E-state index in [0.717, 1.165) is 17.9 Å². The van der Waals surface area contributed by atoms with E-state index >= 15 is 0 Å². The number of aliphatic hydroxyl groups excluding tert-OH is 1. The number of nitrogens with one attached hydrogen (secondary N) is 1. The molecule has 0 fully saturated rings. The number of rotatable bonds is 8. The standard InChI is InChI=1S/C11H23NO2S/c1-4-15-6-5-11(14)12-8-9(2)7-10(3)13/h9-10,13H,4-8H2,1-3H3,(H,12,14). The lowest BCUT2D eigenvalue weighted by Crippen LogP contribution is -2.29. The van der Waals surface area contributed by atoms with Gasteiger partial charge >= 0.3 is 0 Å². The molecule has 0 saturated carbocycles. The summed E-state index contributed by atoms with van der Waals surface area (Å²) in [6, 6.07) is 0. The predicted molar refractivity (Wildman–Crippen MR) is 66.1 cm³/mol. The van der Waals surface area contributed by atoms with Gasteiger partial charge in [-0.2, -0.15) is 11.8 Å². The van der Waals surface area contributed by atoms with Crippen molar-refractivity contribution in [2.24, 2.45) is 5.92 Å². The summed E-state index contributed by atoms with van der Waals surface area (Å²) < 4.78 is 0. The van der Waals surface area contributed by atoms with Gasteiger partial charge in [-0.3, -0.25) is 4.79 Å². The molecule has 3 nitrogen and oxygen atoms in total. The van der Waals surface area contributed by atoms with Crippen molar-refractivity contribution < 1.29 is 9.90 Å². The van der Waals surface area contributed by atoms with Crippen molar-refractivity contribution >= 4 is 17.7 Å². The zero-order chi connectivity index (χ0) is 11.7. The normalized spacial score (nSPS) is 14.7. The molecule has 2 atom stereocenters. The maximum Gasteiger partial charge on any atom is 0.220 e. The summed E-state index contributed by atoms with van der Waals surface area (Å²) in [6.45, 7) is 6.57. The van der Waals surface area contributed by atoms with E-state index in [-0.39, 0.29) is 12.0 Å². The highest BCUT2D eigenvalue weighted by Gasteiger charge is 2.07. The van der Waals surface area contributed by atoms with E-state index in [1.165, 1.54) is 0 Å². The molecule has 0 heterocycles. The Bertz CT molecular complexity index is 174. The maximum absolute atomic E-state index is 11.3. The van der Waals surface area contributed by atoms with Crippen LogP contribution in [0.4, 0.5) is 0 Å². The van der Waals surface area contributed by atoms with Crippen LogP contribution in [0, 0.1) is 5.92 Å². The van der Waals surface area contributed by atoms with E-state index in [9.17, 15) is 4.79 Å². The minimum absolute atomic E-state index is 0.119. The number of thioether (sulfide) groups is 1. The second-order valence-corrected chi connectivity index (χ2v) is 5.33. The van der Waals surface area contributed by atoms with Crippen LogP contribution in [0.1, 0.15) is 33.6 Å². The highest BCUT2D eigenvalue weighted by atomic mass is 32.2. The van der Waals surface area contributed by atoms with Crippen LogP contribution in [0.5, 0.6) is 0 Å². The lowest BCUT2D eigenvalue weighted by molar-refractivity contribution is -0.120. The van der Waals surface area contributed by atoms with E-state index in [4.69, 9.17) is 5.11 Å². The third-order valence-corrected chi connectivity index (χ3v) is 2.97. The molecular formula is C11H23NO2S. The van der Waals surface area contributed by atoms with Crippen LogP contribution < -0.4 is 5.32 Å².